The van der Waals surface area contributed by atoms with Crippen molar-refractivity contribution >= 4 is 22.5 Å². The van der Waals surface area contributed by atoms with Gasteiger partial charge in [-0.05, 0) is 55.0 Å². The summed E-state index contributed by atoms with van der Waals surface area (Å²) in [5, 5.41) is 0.401. The molecule has 1 aromatic heterocycles. The first-order chi connectivity index (χ1) is 19.1. The summed E-state index contributed by atoms with van der Waals surface area (Å²) in [6.45, 7) is 5.46. The van der Waals surface area contributed by atoms with E-state index in [1.54, 1.807) is 25.1 Å². The Balaban J connectivity index is 1.17. The molecule has 1 fully saturated rings. The number of rotatable bonds is 9. The molecule has 0 saturated carbocycles. The molecular weight excluding hydrogens is 490 g/mol. The van der Waals surface area contributed by atoms with E-state index >= 15 is 0 Å². The molecule has 4 aromatic rings. The van der Waals surface area contributed by atoms with E-state index in [-0.39, 0.29) is 17.8 Å². The SMILES string of the molecule is CCOC(=O)c1cc(=O)c2ccc(OCCCN3CCC(=C(c4ccccc4)c4ccccc4)CC3)cc2o1. The number of fused-ring (bicyclic) bond motifs is 1. The number of nitrogens with zero attached hydrogens (tertiary/aromatic N) is 1. The summed E-state index contributed by atoms with van der Waals surface area (Å²) >= 11 is 0. The maximum atomic E-state index is 12.4. The molecule has 6 nitrogen and oxygen atoms in total. The second-order valence-electron chi connectivity index (χ2n) is 9.61. The zero-order valence-corrected chi connectivity index (χ0v) is 22.2. The van der Waals surface area contributed by atoms with Gasteiger partial charge in [0.2, 0.25) is 5.76 Å². The van der Waals surface area contributed by atoms with Crippen LogP contribution in [0.2, 0.25) is 0 Å². The number of ether oxygens (including phenoxy) is 2. The summed E-state index contributed by atoms with van der Waals surface area (Å²) in [5.41, 5.74) is 5.47. The second-order valence-corrected chi connectivity index (χ2v) is 9.61. The molecule has 0 spiro atoms. The van der Waals surface area contributed by atoms with Crippen LogP contribution in [-0.2, 0) is 4.74 Å². The van der Waals surface area contributed by atoms with Gasteiger partial charge in [-0.2, -0.15) is 0 Å². The Morgan fingerprint density at radius 3 is 2.21 bits per heavy atom. The highest BCUT2D eigenvalue weighted by Gasteiger charge is 2.19. The van der Waals surface area contributed by atoms with Crippen LogP contribution in [0.25, 0.3) is 16.5 Å². The zero-order valence-electron chi connectivity index (χ0n) is 22.2. The fourth-order valence-corrected chi connectivity index (χ4v) is 5.09. The number of hydrogen-bond acceptors (Lipinski definition) is 6. The van der Waals surface area contributed by atoms with Gasteiger partial charge in [-0.1, -0.05) is 66.2 Å². The highest BCUT2D eigenvalue weighted by atomic mass is 16.5. The van der Waals surface area contributed by atoms with Gasteiger partial charge < -0.3 is 18.8 Å². The van der Waals surface area contributed by atoms with Gasteiger partial charge in [0, 0.05) is 31.8 Å². The molecule has 39 heavy (non-hydrogen) atoms. The molecule has 0 aliphatic carbocycles. The standard InChI is InChI=1S/C33H33NO5/c1-2-37-33(36)31-23-29(35)28-15-14-27(22-30(28)39-31)38-21-9-18-34-19-16-26(17-20-34)32(24-10-5-3-6-11-24)25-12-7-4-8-13-25/h3-8,10-15,22-23H,2,9,16-21H2,1H3. The van der Waals surface area contributed by atoms with Crippen molar-refractivity contribution in [2.45, 2.75) is 26.2 Å². The number of carbonyl (C=O) groups excluding carboxylic acids is 1. The number of benzene rings is 3. The van der Waals surface area contributed by atoms with Crippen LogP contribution < -0.4 is 10.2 Å². The molecule has 1 saturated heterocycles. The Bertz CT molecular complexity index is 1460. The first-order valence-electron chi connectivity index (χ1n) is 13.6. The van der Waals surface area contributed by atoms with Crippen molar-refractivity contribution in [3.05, 3.63) is 118 Å². The number of carbonyl (C=O) groups is 1. The van der Waals surface area contributed by atoms with Crippen LogP contribution in [0.5, 0.6) is 5.75 Å². The molecule has 3 aromatic carbocycles. The van der Waals surface area contributed by atoms with Crippen LogP contribution in [0.4, 0.5) is 0 Å². The second kappa shape index (κ2) is 12.6. The van der Waals surface area contributed by atoms with Gasteiger partial charge in [0.25, 0.3) is 0 Å². The molecule has 2 heterocycles. The lowest BCUT2D eigenvalue weighted by atomic mass is 9.88. The smallest absolute Gasteiger partial charge is 0.374 e. The van der Waals surface area contributed by atoms with Crippen molar-refractivity contribution in [1.82, 2.24) is 4.90 Å². The van der Waals surface area contributed by atoms with Gasteiger partial charge in [-0.25, -0.2) is 4.79 Å². The molecule has 0 amide bonds. The average molecular weight is 524 g/mol. The van der Waals surface area contributed by atoms with Crippen LogP contribution in [0.1, 0.15) is 47.9 Å². The molecule has 0 radical (unpaired) electrons. The van der Waals surface area contributed by atoms with Crippen molar-refractivity contribution in [1.29, 1.82) is 0 Å². The lowest BCUT2D eigenvalue weighted by Crippen LogP contribution is -2.32. The van der Waals surface area contributed by atoms with E-state index in [2.05, 4.69) is 65.6 Å². The molecular formula is C33H33NO5. The van der Waals surface area contributed by atoms with E-state index in [0.717, 1.165) is 38.9 Å². The minimum atomic E-state index is -0.651. The van der Waals surface area contributed by atoms with Crippen molar-refractivity contribution in [3.8, 4) is 5.75 Å². The van der Waals surface area contributed by atoms with Crippen molar-refractivity contribution in [3.63, 3.8) is 0 Å². The maximum absolute atomic E-state index is 12.4. The molecule has 200 valence electrons. The first-order valence-corrected chi connectivity index (χ1v) is 13.6. The van der Waals surface area contributed by atoms with Gasteiger partial charge in [0.1, 0.15) is 11.3 Å². The van der Waals surface area contributed by atoms with Gasteiger partial charge in [-0.3, -0.25) is 4.79 Å². The first kappa shape index (κ1) is 26.4. The fourth-order valence-electron chi connectivity index (χ4n) is 5.09. The molecule has 0 bridgehead atoms. The Morgan fingerprint density at radius 1 is 0.897 bits per heavy atom. The molecule has 1 aliphatic rings. The van der Waals surface area contributed by atoms with Gasteiger partial charge >= 0.3 is 5.97 Å². The topological polar surface area (TPSA) is 69.0 Å². The quantitative estimate of drug-likeness (QED) is 0.188. The molecule has 5 rings (SSSR count). The van der Waals surface area contributed by atoms with E-state index in [1.165, 1.54) is 28.3 Å². The largest absolute Gasteiger partial charge is 0.493 e. The fraction of sp³-hybridized carbons (Fsp3) is 0.273. The van der Waals surface area contributed by atoms with E-state index in [9.17, 15) is 9.59 Å². The molecule has 0 N–H and O–H groups in total. The Labute approximate surface area is 228 Å². The Hall–Kier alpha value is -4.16. The summed E-state index contributed by atoms with van der Waals surface area (Å²) in [6, 6.07) is 27.6. The van der Waals surface area contributed by atoms with E-state index < -0.39 is 5.97 Å². The van der Waals surface area contributed by atoms with E-state index in [0.29, 0.717) is 23.3 Å². The van der Waals surface area contributed by atoms with Crippen LogP contribution in [0.15, 0.2) is 99.7 Å². The molecule has 0 atom stereocenters. The van der Waals surface area contributed by atoms with E-state index in [4.69, 9.17) is 13.9 Å². The number of likely N-dealkylation sites (tertiary alicyclic amines) is 1. The third-order valence-electron chi connectivity index (χ3n) is 7.00. The Kier molecular flexibility index (Phi) is 8.54. The number of piperidine rings is 1. The van der Waals surface area contributed by atoms with Crippen molar-refractivity contribution in [2.75, 3.05) is 32.8 Å². The van der Waals surface area contributed by atoms with Crippen LogP contribution >= 0.6 is 0 Å². The Morgan fingerprint density at radius 2 is 1.56 bits per heavy atom. The molecule has 6 heteroatoms. The van der Waals surface area contributed by atoms with Gasteiger partial charge in [-0.15, -0.1) is 0 Å². The summed E-state index contributed by atoms with van der Waals surface area (Å²) in [6.07, 6.45) is 2.98. The lowest BCUT2D eigenvalue weighted by molar-refractivity contribution is 0.0490. The van der Waals surface area contributed by atoms with Crippen LogP contribution in [-0.4, -0.2) is 43.7 Å². The monoisotopic (exact) mass is 523 g/mol. The predicted molar refractivity (Wildman–Crippen MR) is 153 cm³/mol. The van der Waals surface area contributed by atoms with E-state index in [1.807, 2.05) is 0 Å². The van der Waals surface area contributed by atoms with Gasteiger partial charge in [0.15, 0.2) is 5.43 Å². The zero-order chi connectivity index (χ0) is 27.0. The number of esters is 1. The highest BCUT2D eigenvalue weighted by Crippen LogP contribution is 2.32. The van der Waals surface area contributed by atoms with Crippen LogP contribution in [0, 0.1) is 0 Å². The summed E-state index contributed by atoms with van der Waals surface area (Å²) < 4.78 is 16.5. The minimum Gasteiger partial charge on any atom is -0.493 e. The normalized spacial score (nSPS) is 13.8. The highest BCUT2D eigenvalue weighted by molar-refractivity contribution is 5.89. The molecule has 1 aliphatic heterocycles. The minimum absolute atomic E-state index is 0.104. The maximum Gasteiger partial charge on any atom is 0.374 e. The number of hydrogen-bond donors (Lipinski definition) is 0. The molecule has 0 unspecified atom stereocenters. The summed E-state index contributed by atoms with van der Waals surface area (Å²) in [7, 11) is 0. The van der Waals surface area contributed by atoms with Gasteiger partial charge in [0.05, 0.1) is 18.6 Å². The van der Waals surface area contributed by atoms with Crippen molar-refractivity contribution < 1.29 is 18.7 Å². The summed E-state index contributed by atoms with van der Waals surface area (Å²) in [5.74, 6) is -0.152. The third-order valence-corrected chi connectivity index (χ3v) is 7.00. The third kappa shape index (κ3) is 6.47. The van der Waals surface area contributed by atoms with Crippen LogP contribution in [0.3, 0.4) is 0 Å². The summed E-state index contributed by atoms with van der Waals surface area (Å²) in [4.78, 5) is 26.9. The predicted octanol–water partition coefficient (Wildman–Crippen LogP) is 6.34. The van der Waals surface area contributed by atoms with Crippen molar-refractivity contribution in [2.24, 2.45) is 0 Å². The lowest BCUT2D eigenvalue weighted by Gasteiger charge is -2.30. The average Bonchev–Trinajstić information content (AvgIpc) is 2.97.